The molecule has 0 bridgehead atoms. The summed E-state index contributed by atoms with van der Waals surface area (Å²) >= 11 is 0. The van der Waals surface area contributed by atoms with Crippen LogP contribution < -0.4 is 11.5 Å². The van der Waals surface area contributed by atoms with E-state index < -0.39 is 11.4 Å². The molecule has 0 radical (unpaired) electrons. The van der Waals surface area contributed by atoms with E-state index in [-0.39, 0.29) is 6.10 Å². The van der Waals surface area contributed by atoms with Gasteiger partial charge in [-0.2, -0.15) is 0 Å². The highest BCUT2D eigenvalue weighted by atomic mass is 16.5. The Labute approximate surface area is 85.0 Å². The fourth-order valence-electron chi connectivity index (χ4n) is 1.72. The van der Waals surface area contributed by atoms with Gasteiger partial charge in [-0.25, -0.2) is 0 Å². The van der Waals surface area contributed by atoms with Crippen LogP contribution in [0.1, 0.15) is 33.1 Å². The minimum atomic E-state index is -0.832. The van der Waals surface area contributed by atoms with E-state index in [9.17, 15) is 4.79 Å². The fraction of sp³-hybridized carbons (Fsp3) is 0.900. The summed E-state index contributed by atoms with van der Waals surface area (Å²) in [5.74, 6) is 0.101. The number of amides is 1. The van der Waals surface area contributed by atoms with Crippen molar-refractivity contribution in [2.75, 3.05) is 6.61 Å². The van der Waals surface area contributed by atoms with Crippen LogP contribution in [0.3, 0.4) is 0 Å². The summed E-state index contributed by atoms with van der Waals surface area (Å²) in [4.78, 5) is 11.0. The number of rotatable bonds is 4. The predicted molar refractivity (Wildman–Crippen MR) is 54.5 cm³/mol. The van der Waals surface area contributed by atoms with Crippen molar-refractivity contribution in [3.05, 3.63) is 0 Å². The lowest BCUT2D eigenvalue weighted by atomic mass is 9.99. The Kier molecular flexibility index (Phi) is 3.50. The summed E-state index contributed by atoms with van der Waals surface area (Å²) in [6.45, 7) is 4.91. The molecular formula is C10H20N2O2. The maximum Gasteiger partial charge on any atom is 0.237 e. The van der Waals surface area contributed by atoms with Gasteiger partial charge in [0, 0.05) is 13.0 Å². The van der Waals surface area contributed by atoms with Gasteiger partial charge >= 0.3 is 0 Å². The molecule has 4 heteroatoms. The first-order chi connectivity index (χ1) is 6.44. The number of carbonyl (C=O) groups is 1. The summed E-state index contributed by atoms with van der Waals surface area (Å²) in [6.07, 6.45) is 2.15. The Bertz CT molecular complexity index is 218. The van der Waals surface area contributed by atoms with Crippen LogP contribution in [0.5, 0.6) is 0 Å². The molecule has 0 aliphatic heterocycles. The van der Waals surface area contributed by atoms with E-state index in [1.54, 1.807) is 0 Å². The minimum Gasteiger partial charge on any atom is -0.378 e. The van der Waals surface area contributed by atoms with Crippen LogP contribution in [-0.4, -0.2) is 24.2 Å². The molecule has 2 unspecified atom stereocenters. The second kappa shape index (κ2) is 4.28. The molecule has 0 aromatic rings. The van der Waals surface area contributed by atoms with Gasteiger partial charge in [0.05, 0.1) is 11.6 Å². The molecule has 4 N–H and O–H groups in total. The largest absolute Gasteiger partial charge is 0.378 e. The zero-order valence-electron chi connectivity index (χ0n) is 8.95. The van der Waals surface area contributed by atoms with Crippen LogP contribution >= 0.6 is 0 Å². The monoisotopic (exact) mass is 200 g/mol. The Morgan fingerprint density at radius 2 is 2.29 bits per heavy atom. The van der Waals surface area contributed by atoms with Gasteiger partial charge in [-0.1, -0.05) is 13.8 Å². The number of hydrogen-bond acceptors (Lipinski definition) is 3. The third-order valence-corrected chi connectivity index (χ3v) is 2.66. The summed E-state index contributed by atoms with van der Waals surface area (Å²) in [7, 11) is 0. The molecule has 0 spiro atoms. The number of hydrogen-bond donors (Lipinski definition) is 2. The molecule has 1 fully saturated rings. The van der Waals surface area contributed by atoms with Crippen LogP contribution in [0.4, 0.5) is 0 Å². The van der Waals surface area contributed by atoms with E-state index >= 15 is 0 Å². The van der Waals surface area contributed by atoms with Crippen molar-refractivity contribution >= 4 is 5.91 Å². The highest BCUT2D eigenvalue weighted by Crippen LogP contribution is 2.29. The lowest BCUT2D eigenvalue weighted by molar-refractivity contribution is -0.123. The Balaban J connectivity index is 2.37. The van der Waals surface area contributed by atoms with Crippen molar-refractivity contribution in [1.29, 1.82) is 0 Å². The van der Waals surface area contributed by atoms with Crippen molar-refractivity contribution in [1.82, 2.24) is 0 Å². The number of ether oxygens (including phenoxy) is 1. The minimum absolute atomic E-state index is 0.106. The first-order valence-corrected chi connectivity index (χ1v) is 5.14. The van der Waals surface area contributed by atoms with Gasteiger partial charge in [0.1, 0.15) is 0 Å². The van der Waals surface area contributed by atoms with E-state index in [0.29, 0.717) is 18.8 Å². The van der Waals surface area contributed by atoms with E-state index in [1.807, 2.05) is 0 Å². The summed E-state index contributed by atoms with van der Waals surface area (Å²) < 4.78 is 5.62. The van der Waals surface area contributed by atoms with Gasteiger partial charge in [0.25, 0.3) is 0 Å². The zero-order valence-corrected chi connectivity index (χ0v) is 8.95. The van der Waals surface area contributed by atoms with Crippen molar-refractivity contribution in [3.63, 3.8) is 0 Å². The highest BCUT2D eigenvalue weighted by Gasteiger charge is 2.41. The topological polar surface area (TPSA) is 78.3 Å². The molecule has 1 aliphatic carbocycles. The molecule has 82 valence electrons. The van der Waals surface area contributed by atoms with Crippen molar-refractivity contribution in [3.8, 4) is 0 Å². The number of carbonyl (C=O) groups excluding carboxylic acids is 1. The summed E-state index contributed by atoms with van der Waals surface area (Å²) in [5.41, 5.74) is 10.2. The molecule has 0 aromatic heterocycles. The molecule has 14 heavy (non-hydrogen) atoms. The van der Waals surface area contributed by atoms with Crippen LogP contribution in [-0.2, 0) is 9.53 Å². The van der Waals surface area contributed by atoms with Crippen LogP contribution in [0.2, 0.25) is 0 Å². The SMILES string of the molecule is CC(C)COC1CCC(N)(C(N)=O)C1. The van der Waals surface area contributed by atoms with Gasteiger partial charge in [-0.05, 0) is 18.8 Å². The van der Waals surface area contributed by atoms with E-state index in [4.69, 9.17) is 16.2 Å². The Morgan fingerprint density at radius 1 is 1.64 bits per heavy atom. The smallest absolute Gasteiger partial charge is 0.237 e. The molecule has 0 aromatic carbocycles. The molecule has 2 atom stereocenters. The summed E-state index contributed by atoms with van der Waals surface area (Å²) in [6, 6.07) is 0. The van der Waals surface area contributed by atoms with Crippen molar-refractivity contribution in [2.24, 2.45) is 17.4 Å². The molecular weight excluding hydrogens is 180 g/mol. The average Bonchev–Trinajstić information content (AvgIpc) is 2.45. The molecule has 4 nitrogen and oxygen atoms in total. The number of nitrogens with two attached hydrogens (primary N) is 2. The predicted octanol–water partition coefficient (Wildman–Crippen LogP) is 0.394. The van der Waals surface area contributed by atoms with Gasteiger partial charge in [0.2, 0.25) is 5.91 Å². The maximum atomic E-state index is 11.0. The second-order valence-corrected chi connectivity index (χ2v) is 4.61. The molecule has 1 amide bonds. The molecule has 1 rings (SSSR count). The van der Waals surface area contributed by atoms with Crippen LogP contribution in [0.25, 0.3) is 0 Å². The van der Waals surface area contributed by atoms with Gasteiger partial charge in [-0.15, -0.1) is 0 Å². The van der Waals surface area contributed by atoms with E-state index in [1.165, 1.54) is 0 Å². The third kappa shape index (κ3) is 2.69. The Hall–Kier alpha value is -0.610. The molecule has 0 heterocycles. The van der Waals surface area contributed by atoms with Crippen LogP contribution in [0.15, 0.2) is 0 Å². The van der Waals surface area contributed by atoms with Crippen molar-refractivity contribution in [2.45, 2.75) is 44.8 Å². The van der Waals surface area contributed by atoms with Crippen LogP contribution in [0, 0.1) is 5.92 Å². The van der Waals surface area contributed by atoms with Crippen molar-refractivity contribution < 1.29 is 9.53 Å². The maximum absolute atomic E-state index is 11.0. The Morgan fingerprint density at radius 3 is 2.71 bits per heavy atom. The first-order valence-electron chi connectivity index (χ1n) is 5.14. The molecule has 0 saturated heterocycles. The molecule has 1 aliphatic rings. The van der Waals surface area contributed by atoms with Gasteiger partial charge in [0.15, 0.2) is 0 Å². The quantitative estimate of drug-likeness (QED) is 0.689. The van der Waals surface area contributed by atoms with E-state index in [2.05, 4.69) is 13.8 Å². The highest BCUT2D eigenvalue weighted by molar-refractivity contribution is 5.84. The number of primary amides is 1. The fourth-order valence-corrected chi connectivity index (χ4v) is 1.72. The van der Waals surface area contributed by atoms with E-state index in [0.717, 1.165) is 13.0 Å². The zero-order chi connectivity index (χ0) is 10.8. The lowest BCUT2D eigenvalue weighted by Crippen LogP contribution is -2.50. The third-order valence-electron chi connectivity index (χ3n) is 2.66. The second-order valence-electron chi connectivity index (χ2n) is 4.61. The van der Waals surface area contributed by atoms with Gasteiger partial charge < -0.3 is 16.2 Å². The lowest BCUT2D eigenvalue weighted by Gasteiger charge is -2.19. The normalized spacial score (nSPS) is 32.4. The average molecular weight is 200 g/mol. The first kappa shape index (κ1) is 11.5. The summed E-state index contributed by atoms with van der Waals surface area (Å²) in [5, 5.41) is 0. The molecule has 1 saturated carbocycles. The van der Waals surface area contributed by atoms with Gasteiger partial charge in [-0.3, -0.25) is 4.79 Å². The standard InChI is InChI=1S/C10H20N2O2/c1-7(2)6-14-8-3-4-10(12,5-8)9(11)13/h7-8H,3-6,12H2,1-2H3,(H2,11,13).